The van der Waals surface area contributed by atoms with Gasteiger partial charge in [-0.05, 0) is 6.92 Å². The highest BCUT2D eigenvalue weighted by Gasteiger charge is 2.08. The Bertz CT molecular complexity index is 277. The molecule has 0 fully saturated rings. The zero-order valence-electron chi connectivity index (χ0n) is 8.03. The lowest BCUT2D eigenvalue weighted by atomic mass is 10.1. The first-order valence-electron chi connectivity index (χ1n) is 4.05. The molecule has 0 aliphatic rings. The molecule has 0 N–H and O–H groups in total. The van der Waals surface area contributed by atoms with Crippen LogP contribution in [0.15, 0.2) is 23.4 Å². The maximum Gasteiger partial charge on any atom is 0.243 e. The minimum atomic E-state index is -0.507. The Morgan fingerprint density at radius 2 is 2.08 bits per heavy atom. The molecule has 0 aromatic heterocycles. The van der Waals surface area contributed by atoms with E-state index < -0.39 is 4.92 Å². The second-order valence-corrected chi connectivity index (χ2v) is 2.56. The van der Waals surface area contributed by atoms with E-state index >= 15 is 0 Å². The Kier molecular flexibility index (Phi) is 4.66. The van der Waals surface area contributed by atoms with Crippen molar-refractivity contribution in [2.24, 2.45) is 0 Å². The van der Waals surface area contributed by atoms with E-state index in [9.17, 15) is 14.9 Å². The Balaban J connectivity index is 4.75. The van der Waals surface area contributed by atoms with Crippen LogP contribution >= 0.6 is 0 Å². The average Bonchev–Trinajstić information content (AvgIpc) is 2.12. The zero-order valence-corrected chi connectivity index (χ0v) is 8.03. The summed E-state index contributed by atoms with van der Waals surface area (Å²) in [6.07, 6.45) is 3.24. The van der Waals surface area contributed by atoms with Crippen molar-refractivity contribution >= 4 is 5.78 Å². The Hall–Kier alpha value is -1.45. The fourth-order valence-corrected chi connectivity index (χ4v) is 0.807. The lowest BCUT2D eigenvalue weighted by Gasteiger charge is -1.96. The van der Waals surface area contributed by atoms with Gasteiger partial charge in [0.1, 0.15) is 0 Å². The van der Waals surface area contributed by atoms with Gasteiger partial charge in [0.15, 0.2) is 5.78 Å². The summed E-state index contributed by atoms with van der Waals surface area (Å²) in [6.45, 7) is 4.78. The maximum atomic E-state index is 11.2. The van der Waals surface area contributed by atoms with Crippen LogP contribution in [0.3, 0.4) is 0 Å². The van der Waals surface area contributed by atoms with Crippen molar-refractivity contribution < 1.29 is 9.72 Å². The van der Waals surface area contributed by atoms with Crippen molar-refractivity contribution in [1.82, 2.24) is 0 Å². The summed E-state index contributed by atoms with van der Waals surface area (Å²) in [6, 6.07) is 0. The topological polar surface area (TPSA) is 60.2 Å². The fourth-order valence-electron chi connectivity index (χ4n) is 0.807. The third-order valence-corrected chi connectivity index (χ3v) is 1.61. The van der Waals surface area contributed by atoms with E-state index in [0.29, 0.717) is 12.0 Å². The summed E-state index contributed by atoms with van der Waals surface area (Å²) in [5.41, 5.74) is 0.381. The van der Waals surface area contributed by atoms with E-state index in [4.69, 9.17) is 0 Å². The molecule has 72 valence electrons. The van der Waals surface area contributed by atoms with E-state index in [1.54, 1.807) is 19.9 Å². The summed E-state index contributed by atoms with van der Waals surface area (Å²) in [5.74, 6) is -0.0799. The highest BCUT2D eigenvalue weighted by Crippen LogP contribution is 2.06. The van der Waals surface area contributed by atoms with Crippen molar-refractivity contribution in [1.29, 1.82) is 0 Å². The molecule has 0 rings (SSSR count). The molecular weight excluding hydrogens is 170 g/mol. The van der Waals surface area contributed by atoms with Gasteiger partial charge in [0.25, 0.3) is 0 Å². The van der Waals surface area contributed by atoms with Crippen molar-refractivity contribution in [2.75, 3.05) is 0 Å². The van der Waals surface area contributed by atoms with Gasteiger partial charge in [-0.25, -0.2) is 0 Å². The number of hydrogen-bond acceptors (Lipinski definition) is 3. The Labute approximate surface area is 77.1 Å². The van der Waals surface area contributed by atoms with Crippen LogP contribution in [-0.4, -0.2) is 10.7 Å². The largest absolute Gasteiger partial charge is 0.294 e. The number of nitro groups is 1. The molecule has 0 heterocycles. The first-order chi connectivity index (χ1) is 6.02. The number of Topliss-reactive ketones (excluding diaryl/α,β-unsaturated/α-hetero) is 1. The van der Waals surface area contributed by atoms with Gasteiger partial charge >= 0.3 is 0 Å². The van der Waals surface area contributed by atoms with Gasteiger partial charge in [0, 0.05) is 25.0 Å². The predicted molar refractivity (Wildman–Crippen MR) is 49.8 cm³/mol. The quantitative estimate of drug-likeness (QED) is 0.290. The Morgan fingerprint density at radius 1 is 1.54 bits per heavy atom. The first-order valence-corrected chi connectivity index (χ1v) is 4.05. The minimum absolute atomic E-state index is 0.0186. The molecule has 0 aromatic rings. The molecule has 0 saturated heterocycles. The highest BCUT2D eigenvalue weighted by atomic mass is 16.6. The normalized spacial score (nSPS) is 12.8. The number of allylic oxidation sites excluding steroid dienone is 4. The standard InChI is InChI=1S/C9H13NO3/c1-4-8(9(11)5-2)6-7(3)10(12)13/h4,6H,5H2,1-3H3/b7-6+,8-4+. The molecular formula is C9H13NO3. The van der Waals surface area contributed by atoms with Gasteiger partial charge in [-0.2, -0.15) is 0 Å². The molecule has 4 nitrogen and oxygen atoms in total. The molecule has 0 aliphatic heterocycles. The SMILES string of the molecule is C/C=C(\C=C(/C)[N+](=O)[O-])C(=O)CC. The monoisotopic (exact) mass is 183 g/mol. The molecule has 0 unspecified atom stereocenters. The van der Waals surface area contributed by atoms with Crippen LogP contribution in [0.25, 0.3) is 0 Å². The summed E-state index contributed by atoms with van der Waals surface area (Å²) in [4.78, 5) is 20.9. The van der Waals surface area contributed by atoms with Crippen LogP contribution < -0.4 is 0 Å². The van der Waals surface area contributed by atoms with E-state index in [-0.39, 0.29) is 11.5 Å². The third kappa shape index (κ3) is 3.64. The number of hydrogen-bond donors (Lipinski definition) is 0. The van der Waals surface area contributed by atoms with Crippen LogP contribution in [-0.2, 0) is 4.79 Å². The smallest absolute Gasteiger partial charge is 0.243 e. The average molecular weight is 183 g/mol. The molecule has 4 heteroatoms. The summed E-state index contributed by atoms with van der Waals surface area (Å²) < 4.78 is 0. The van der Waals surface area contributed by atoms with Crippen LogP contribution in [0.1, 0.15) is 27.2 Å². The molecule has 0 radical (unpaired) electrons. The summed E-state index contributed by atoms with van der Waals surface area (Å²) in [5, 5.41) is 10.3. The van der Waals surface area contributed by atoms with Crippen molar-refractivity contribution in [3.05, 3.63) is 33.5 Å². The van der Waals surface area contributed by atoms with Crippen LogP contribution in [0.2, 0.25) is 0 Å². The van der Waals surface area contributed by atoms with Crippen LogP contribution in [0.4, 0.5) is 0 Å². The van der Waals surface area contributed by atoms with Gasteiger partial charge in [-0.1, -0.05) is 13.0 Å². The second kappa shape index (κ2) is 5.24. The summed E-state index contributed by atoms with van der Waals surface area (Å²) >= 11 is 0. The van der Waals surface area contributed by atoms with E-state index in [2.05, 4.69) is 0 Å². The highest BCUT2D eigenvalue weighted by molar-refractivity contribution is 5.97. The zero-order chi connectivity index (χ0) is 10.4. The third-order valence-electron chi connectivity index (χ3n) is 1.61. The number of nitrogens with zero attached hydrogens (tertiary/aromatic N) is 1. The van der Waals surface area contributed by atoms with E-state index in [1.807, 2.05) is 0 Å². The molecule has 0 bridgehead atoms. The molecule has 13 heavy (non-hydrogen) atoms. The minimum Gasteiger partial charge on any atom is -0.294 e. The van der Waals surface area contributed by atoms with Gasteiger partial charge in [-0.3, -0.25) is 14.9 Å². The number of ketones is 1. The van der Waals surface area contributed by atoms with Gasteiger partial charge in [-0.15, -0.1) is 0 Å². The number of rotatable bonds is 4. The van der Waals surface area contributed by atoms with Crippen molar-refractivity contribution in [3.63, 3.8) is 0 Å². The van der Waals surface area contributed by atoms with Gasteiger partial charge in [0.2, 0.25) is 5.70 Å². The maximum absolute atomic E-state index is 11.2. The Morgan fingerprint density at radius 3 is 2.38 bits per heavy atom. The van der Waals surface area contributed by atoms with Crippen molar-refractivity contribution in [3.8, 4) is 0 Å². The van der Waals surface area contributed by atoms with E-state index in [1.165, 1.54) is 13.0 Å². The van der Waals surface area contributed by atoms with Gasteiger partial charge < -0.3 is 0 Å². The molecule has 0 amide bonds. The molecule has 0 spiro atoms. The van der Waals surface area contributed by atoms with Gasteiger partial charge in [0.05, 0.1) is 4.92 Å². The lowest BCUT2D eigenvalue weighted by Crippen LogP contribution is -2.01. The number of carbonyl (C=O) groups is 1. The lowest BCUT2D eigenvalue weighted by molar-refractivity contribution is -0.424. The second-order valence-electron chi connectivity index (χ2n) is 2.56. The summed E-state index contributed by atoms with van der Waals surface area (Å²) in [7, 11) is 0. The first kappa shape index (κ1) is 11.6. The number of carbonyl (C=O) groups excluding carboxylic acids is 1. The van der Waals surface area contributed by atoms with Crippen molar-refractivity contribution in [2.45, 2.75) is 27.2 Å². The van der Waals surface area contributed by atoms with Crippen LogP contribution in [0, 0.1) is 10.1 Å². The van der Waals surface area contributed by atoms with Crippen LogP contribution in [0.5, 0.6) is 0 Å². The molecule has 0 atom stereocenters. The van der Waals surface area contributed by atoms with E-state index in [0.717, 1.165) is 0 Å². The molecule has 0 saturated carbocycles. The fraction of sp³-hybridized carbons (Fsp3) is 0.444. The predicted octanol–water partition coefficient (Wildman–Crippen LogP) is 2.09. The molecule has 0 aromatic carbocycles. The molecule has 0 aliphatic carbocycles.